The molecule has 108 valence electrons. The average molecular weight is 281 g/mol. The number of hydrogen-bond donors (Lipinski definition) is 2. The molecule has 0 atom stereocenters. The van der Waals surface area contributed by atoms with E-state index >= 15 is 0 Å². The topological polar surface area (TPSA) is 115 Å². The van der Waals surface area contributed by atoms with E-state index < -0.39 is 22.1 Å². The van der Waals surface area contributed by atoms with Gasteiger partial charge in [0.25, 0.3) is 0 Å². The van der Waals surface area contributed by atoms with Gasteiger partial charge in [0, 0.05) is 12.6 Å². The molecule has 1 aromatic rings. The van der Waals surface area contributed by atoms with Crippen molar-refractivity contribution in [2.75, 3.05) is 25.1 Å². The van der Waals surface area contributed by atoms with Crippen LogP contribution in [0.5, 0.6) is 0 Å². The van der Waals surface area contributed by atoms with Crippen molar-refractivity contribution >= 4 is 17.5 Å². The standard InChI is InChI=1S/C12H15N3O5/c1-8(2)7-20-4-3-13-11-5-9(12(16)17)10(6-14-11)15(18)19/h5-6H,1,3-4,7H2,2H3,(H,13,14)(H,16,17). The van der Waals surface area contributed by atoms with Crippen LogP contribution in [0.3, 0.4) is 0 Å². The number of anilines is 1. The molecule has 0 spiro atoms. The third-order valence-corrected chi connectivity index (χ3v) is 2.21. The molecule has 8 nitrogen and oxygen atoms in total. The van der Waals surface area contributed by atoms with Gasteiger partial charge in [-0.05, 0) is 6.92 Å². The molecule has 0 fully saturated rings. The van der Waals surface area contributed by atoms with Crippen molar-refractivity contribution in [3.8, 4) is 0 Å². The van der Waals surface area contributed by atoms with Crippen LogP contribution in [0.2, 0.25) is 0 Å². The first kappa shape index (κ1) is 15.6. The Labute approximate surface area is 115 Å². The number of nitrogens with zero attached hydrogens (tertiary/aromatic N) is 2. The first-order chi connectivity index (χ1) is 9.41. The van der Waals surface area contributed by atoms with Gasteiger partial charge in [0.15, 0.2) is 0 Å². The molecule has 0 amide bonds. The van der Waals surface area contributed by atoms with Gasteiger partial charge in [0.1, 0.15) is 17.6 Å². The number of nitro groups is 1. The number of carbonyl (C=O) groups is 1. The Kier molecular flexibility index (Phi) is 5.60. The molecular formula is C12H15N3O5. The molecule has 0 radical (unpaired) electrons. The molecule has 1 heterocycles. The number of carboxylic acid groups (broad SMARTS) is 1. The summed E-state index contributed by atoms with van der Waals surface area (Å²) in [7, 11) is 0. The minimum absolute atomic E-state index is 0.243. The Balaban J connectivity index is 2.64. The highest BCUT2D eigenvalue weighted by Crippen LogP contribution is 2.19. The number of nitrogens with one attached hydrogen (secondary N) is 1. The number of pyridine rings is 1. The van der Waals surface area contributed by atoms with Crippen LogP contribution in [-0.2, 0) is 4.74 Å². The van der Waals surface area contributed by atoms with Crippen LogP contribution in [0.25, 0.3) is 0 Å². The van der Waals surface area contributed by atoms with E-state index in [0.717, 1.165) is 17.8 Å². The van der Waals surface area contributed by atoms with Gasteiger partial charge in [-0.15, -0.1) is 0 Å². The second kappa shape index (κ2) is 7.19. The van der Waals surface area contributed by atoms with Crippen molar-refractivity contribution in [2.45, 2.75) is 6.92 Å². The molecule has 1 rings (SSSR count). The Morgan fingerprint density at radius 2 is 2.35 bits per heavy atom. The van der Waals surface area contributed by atoms with Crippen LogP contribution < -0.4 is 5.32 Å². The van der Waals surface area contributed by atoms with Crippen LogP contribution in [-0.4, -0.2) is 40.7 Å². The van der Waals surface area contributed by atoms with Crippen molar-refractivity contribution < 1.29 is 19.6 Å². The van der Waals surface area contributed by atoms with Crippen LogP contribution in [0.1, 0.15) is 17.3 Å². The number of aromatic nitrogens is 1. The Bertz CT molecular complexity index is 530. The van der Waals surface area contributed by atoms with Crippen molar-refractivity contribution in [1.82, 2.24) is 4.98 Å². The van der Waals surface area contributed by atoms with Gasteiger partial charge < -0.3 is 15.2 Å². The van der Waals surface area contributed by atoms with Crippen molar-refractivity contribution in [2.24, 2.45) is 0 Å². The molecule has 20 heavy (non-hydrogen) atoms. The third-order valence-electron chi connectivity index (χ3n) is 2.21. The molecule has 0 aliphatic rings. The summed E-state index contributed by atoms with van der Waals surface area (Å²) in [5.41, 5.74) is -0.0523. The Hall–Kier alpha value is -2.48. The second-order valence-electron chi connectivity index (χ2n) is 4.09. The monoisotopic (exact) mass is 281 g/mol. The minimum Gasteiger partial charge on any atom is -0.477 e. The third kappa shape index (κ3) is 4.65. The van der Waals surface area contributed by atoms with Crippen LogP contribution in [0, 0.1) is 10.1 Å². The van der Waals surface area contributed by atoms with Crippen molar-refractivity contribution in [3.05, 3.63) is 40.1 Å². The molecule has 8 heteroatoms. The van der Waals surface area contributed by atoms with E-state index in [-0.39, 0.29) is 5.82 Å². The van der Waals surface area contributed by atoms with Gasteiger partial charge in [0.05, 0.1) is 18.1 Å². The lowest BCUT2D eigenvalue weighted by Gasteiger charge is -2.07. The smallest absolute Gasteiger partial charge is 0.342 e. The summed E-state index contributed by atoms with van der Waals surface area (Å²) in [5.74, 6) is -1.13. The molecular weight excluding hydrogens is 266 g/mol. The molecule has 0 aliphatic heterocycles. The van der Waals surface area contributed by atoms with Gasteiger partial charge in [0.2, 0.25) is 0 Å². The van der Waals surface area contributed by atoms with Gasteiger partial charge in [-0.3, -0.25) is 10.1 Å². The Morgan fingerprint density at radius 1 is 1.65 bits per heavy atom. The molecule has 0 aliphatic carbocycles. The number of carboxylic acids is 1. The van der Waals surface area contributed by atoms with E-state index in [0.29, 0.717) is 19.8 Å². The van der Waals surface area contributed by atoms with E-state index in [9.17, 15) is 14.9 Å². The molecule has 0 saturated carbocycles. The zero-order valence-electron chi connectivity index (χ0n) is 11.0. The van der Waals surface area contributed by atoms with Crippen molar-refractivity contribution in [3.63, 3.8) is 0 Å². The van der Waals surface area contributed by atoms with Gasteiger partial charge in [-0.2, -0.15) is 0 Å². The maximum absolute atomic E-state index is 10.9. The molecule has 1 aromatic heterocycles. The summed E-state index contributed by atoms with van der Waals surface area (Å²) < 4.78 is 5.24. The first-order valence-corrected chi connectivity index (χ1v) is 5.75. The van der Waals surface area contributed by atoms with E-state index in [4.69, 9.17) is 9.84 Å². The SMILES string of the molecule is C=C(C)COCCNc1cc(C(=O)O)c([N+](=O)[O-])cn1. The maximum Gasteiger partial charge on any atom is 0.342 e. The fourth-order valence-corrected chi connectivity index (χ4v) is 1.36. The van der Waals surface area contributed by atoms with E-state index in [2.05, 4.69) is 16.9 Å². The van der Waals surface area contributed by atoms with Crippen LogP contribution in [0.4, 0.5) is 11.5 Å². The number of hydrogen-bond acceptors (Lipinski definition) is 6. The zero-order valence-corrected chi connectivity index (χ0v) is 11.0. The predicted molar refractivity (Wildman–Crippen MR) is 72.0 cm³/mol. The van der Waals surface area contributed by atoms with Crippen molar-refractivity contribution in [1.29, 1.82) is 0 Å². The lowest BCUT2D eigenvalue weighted by atomic mass is 10.2. The van der Waals surface area contributed by atoms with E-state index in [1.54, 1.807) is 0 Å². The van der Waals surface area contributed by atoms with E-state index in [1.807, 2.05) is 6.92 Å². The predicted octanol–water partition coefficient (Wildman–Crippen LogP) is 1.69. The minimum atomic E-state index is -1.37. The largest absolute Gasteiger partial charge is 0.477 e. The summed E-state index contributed by atoms with van der Waals surface area (Å²) in [6.45, 7) is 6.74. The first-order valence-electron chi connectivity index (χ1n) is 5.75. The van der Waals surface area contributed by atoms with Gasteiger partial charge in [-0.25, -0.2) is 9.78 Å². The zero-order chi connectivity index (χ0) is 15.1. The quantitative estimate of drug-likeness (QED) is 0.322. The average Bonchev–Trinajstić information content (AvgIpc) is 2.37. The number of aromatic carboxylic acids is 1. The lowest BCUT2D eigenvalue weighted by molar-refractivity contribution is -0.385. The Morgan fingerprint density at radius 3 is 2.90 bits per heavy atom. The highest BCUT2D eigenvalue weighted by atomic mass is 16.6. The second-order valence-corrected chi connectivity index (χ2v) is 4.09. The normalized spacial score (nSPS) is 10.1. The van der Waals surface area contributed by atoms with E-state index in [1.165, 1.54) is 0 Å². The summed E-state index contributed by atoms with van der Waals surface area (Å²) in [6.07, 6.45) is 0.917. The van der Waals surface area contributed by atoms with Gasteiger partial charge in [-0.1, -0.05) is 12.2 Å². The summed E-state index contributed by atoms with van der Waals surface area (Å²) in [5, 5.41) is 22.4. The highest BCUT2D eigenvalue weighted by molar-refractivity contribution is 5.93. The lowest BCUT2D eigenvalue weighted by Crippen LogP contribution is -2.12. The molecule has 2 N–H and O–H groups in total. The van der Waals surface area contributed by atoms with Gasteiger partial charge >= 0.3 is 11.7 Å². The fraction of sp³-hybridized carbons (Fsp3) is 0.333. The fourth-order valence-electron chi connectivity index (χ4n) is 1.36. The molecule has 0 bridgehead atoms. The summed E-state index contributed by atoms with van der Waals surface area (Å²) >= 11 is 0. The molecule has 0 saturated heterocycles. The summed E-state index contributed by atoms with van der Waals surface area (Å²) in [6, 6.07) is 1.12. The maximum atomic E-state index is 10.9. The molecule has 0 unspecified atom stereocenters. The number of rotatable bonds is 8. The highest BCUT2D eigenvalue weighted by Gasteiger charge is 2.20. The van der Waals surface area contributed by atoms with Crippen LogP contribution in [0.15, 0.2) is 24.4 Å². The molecule has 0 aromatic carbocycles. The number of ether oxygens (including phenoxy) is 1. The summed E-state index contributed by atoms with van der Waals surface area (Å²) in [4.78, 5) is 24.6. The van der Waals surface area contributed by atoms with Crippen LogP contribution >= 0.6 is 0 Å².